The molecule has 1 fully saturated rings. The van der Waals surface area contributed by atoms with Crippen LogP contribution in [0.2, 0.25) is 0 Å². The summed E-state index contributed by atoms with van der Waals surface area (Å²) in [5.41, 5.74) is 0. The molecule has 0 saturated carbocycles. The zero-order valence-electron chi connectivity index (χ0n) is 10.2. The molecule has 1 aromatic carbocycles. The van der Waals surface area contributed by atoms with Crippen LogP contribution < -0.4 is 10.0 Å². The predicted octanol–water partition coefficient (Wildman–Crippen LogP) is 0.773. The van der Waals surface area contributed by atoms with E-state index >= 15 is 0 Å². The Morgan fingerprint density at radius 1 is 1.21 bits per heavy atom. The second-order valence-corrected chi connectivity index (χ2v) is 6.13. The van der Waals surface area contributed by atoms with Gasteiger partial charge in [0, 0.05) is 6.54 Å². The lowest BCUT2D eigenvalue weighted by molar-refractivity contribution is -0.122. The molecule has 7 heteroatoms. The molecule has 1 atom stereocenters. The standard InChI is InChI=1S/C12H15FN2O3S/c13-9-4-6-10(7-5-9)19(17,18)15-11-3-1-2-8-14-12(11)16/h4-7,11,15H,1-3,8H2,(H,14,16). The first kappa shape index (κ1) is 14.0. The van der Waals surface area contributed by atoms with Crippen LogP contribution in [0.4, 0.5) is 4.39 Å². The second kappa shape index (κ2) is 5.66. The highest BCUT2D eigenvalue weighted by molar-refractivity contribution is 7.89. The van der Waals surface area contributed by atoms with Gasteiger partial charge >= 0.3 is 0 Å². The van der Waals surface area contributed by atoms with Crippen molar-refractivity contribution in [1.29, 1.82) is 0 Å². The normalized spacial score (nSPS) is 20.7. The maximum Gasteiger partial charge on any atom is 0.241 e. The van der Waals surface area contributed by atoms with Gasteiger partial charge in [0.15, 0.2) is 0 Å². The third-order valence-electron chi connectivity index (χ3n) is 2.96. The molecule has 1 heterocycles. The summed E-state index contributed by atoms with van der Waals surface area (Å²) in [7, 11) is -3.80. The number of carbonyl (C=O) groups excluding carboxylic acids is 1. The Morgan fingerprint density at radius 3 is 2.58 bits per heavy atom. The molecule has 2 rings (SSSR count). The third kappa shape index (κ3) is 3.51. The molecule has 1 aliphatic rings. The van der Waals surface area contributed by atoms with E-state index in [2.05, 4.69) is 10.0 Å². The summed E-state index contributed by atoms with van der Waals surface area (Å²) in [5.74, 6) is -0.825. The number of hydrogen-bond acceptors (Lipinski definition) is 3. The molecule has 1 amide bonds. The van der Waals surface area contributed by atoms with Crippen molar-refractivity contribution in [2.24, 2.45) is 0 Å². The van der Waals surface area contributed by atoms with Crippen LogP contribution in [-0.4, -0.2) is 26.9 Å². The first-order valence-electron chi connectivity index (χ1n) is 6.05. The van der Waals surface area contributed by atoms with E-state index in [1.54, 1.807) is 0 Å². The molecule has 0 radical (unpaired) electrons. The quantitative estimate of drug-likeness (QED) is 0.862. The van der Waals surface area contributed by atoms with Crippen LogP contribution in [0.1, 0.15) is 19.3 Å². The lowest BCUT2D eigenvalue weighted by Crippen LogP contribution is -2.45. The average Bonchev–Trinajstić information content (AvgIpc) is 2.55. The minimum absolute atomic E-state index is 0.0500. The fourth-order valence-electron chi connectivity index (χ4n) is 1.92. The zero-order valence-corrected chi connectivity index (χ0v) is 11.0. The van der Waals surface area contributed by atoms with Gasteiger partial charge in [0.25, 0.3) is 0 Å². The molecule has 5 nitrogen and oxygen atoms in total. The highest BCUT2D eigenvalue weighted by atomic mass is 32.2. The van der Waals surface area contributed by atoms with Crippen LogP contribution >= 0.6 is 0 Å². The number of nitrogens with one attached hydrogen (secondary N) is 2. The minimum atomic E-state index is -3.80. The molecule has 104 valence electrons. The number of amides is 1. The monoisotopic (exact) mass is 286 g/mol. The van der Waals surface area contributed by atoms with Crippen LogP contribution in [0.25, 0.3) is 0 Å². The average molecular weight is 286 g/mol. The molecule has 1 unspecified atom stereocenters. The van der Waals surface area contributed by atoms with E-state index < -0.39 is 21.9 Å². The fraction of sp³-hybridized carbons (Fsp3) is 0.417. The van der Waals surface area contributed by atoms with Gasteiger partial charge in [0.1, 0.15) is 11.9 Å². The van der Waals surface area contributed by atoms with Gasteiger partial charge in [-0.1, -0.05) is 0 Å². The van der Waals surface area contributed by atoms with Crippen LogP contribution in [0.5, 0.6) is 0 Å². The number of rotatable bonds is 3. The molecule has 1 saturated heterocycles. The van der Waals surface area contributed by atoms with E-state index in [1.807, 2.05) is 0 Å². The van der Waals surface area contributed by atoms with Gasteiger partial charge in [0.2, 0.25) is 15.9 Å². The van der Waals surface area contributed by atoms with Gasteiger partial charge in [-0.3, -0.25) is 4.79 Å². The number of carbonyl (C=O) groups is 1. The molecule has 0 spiro atoms. The van der Waals surface area contributed by atoms with E-state index in [0.29, 0.717) is 13.0 Å². The van der Waals surface area contributed by atoms with Gasteiger partial charge in [-0.2, -0.15) is 4.72 Å². The Kier molecular flexibility index (Phi) is 4.16. The maximum absolute atomic E-state index is 12.8. The molecule has 1 aliphatic heterocycles. The zero-order chi connectivity index (χ0) is 13.9. The van der Waals surface area contributed by atoms with Crippen molar-refractivity contribution in [2.45, 2.75) is 30.2 Å². The van der Waals surface area contributed by atoms with Crippen molar-refractivity contribution in [2.75, 3.05) is 6.54 Å². The van der Waals surface area contributed by atoms with E-state index in [-0.39, 0.29) is 10.8 Å². The molecule has 19 heavy (non-hydrogen) atoms. The number of benzene rings is 1. The number of hydrogen-bond donors (Lipinski definition) is 2. The Hall–Kier alpha value is -1.47. The van der Waals surface area contributed by atoms with Gasteiger partial charge in [-0.05, 0) is 43.5 Å². The van der Waals surface area contributed by atoms with Crippen molar-refractivity contribution in [3.05, 3.63) is 30.1 Å². The SMILES string of the molecule is O=C1NCCCCC1NS(=O)(=O)c1ccc(F)cc1. The Labute approximate surface area is 111 Å². The van der Waals surface area contributed by atoms with Crippen molar-refractivity contribution in [3.63, 3.8) is 0 Å². The molecular formula is C12H15FN2O3S. The number of sulfonamides is 1. The summed E-state index contributed by atoms with van der Waals surface area (Å²) in [6.45, 7) is 0.563. The minimum Gasteiger partial charge on any atom is -0.355 e. The van der Waals surface area contributed by atoms with Crippen molar-refractivity contribution in [1.82, 2.24) is 10.0 Å². The maximum atomic E-state index is 12.8. The number of halogens is 1. The Morgan fingerprint density at radius 2 is 1.89 bits per heavy atom. The highest BCUT2D eigenvalue weighted by Gasteiger charge is 2.26. The van der Waals surface area contributed by atoms with Crippen molar-refractivity contribution in [3.8, 4) is 0 Å². The van der Waals surface area contributed by atoms with Gasteiger partial charge < -0.3 is 5.32 Å². The largest absolute Gasteiger partial charge is 0.355 e. The van der Waals surface area contributed by atoms with Crippen LogP contribution in [-0.2, 0) is 14.8 Å². The predicted molar refractivity (Wildman–Crippen MR) is 67.4 cm³/mol. The Balaban J connectivity index is 2.16. The summed E-state index contributed by atoms with van der Waals surface area (Å²) in [6, 6.07) is 3.72. The van der Waals surface area contributed by atoms with Gasteiger partial charge in [-0.15, -0.1) is 0 Å². The molecule has 2 N–H and O–H groups in total. The lowest BCUT2D eigenvalue weighted by Gasteiger charge is -2.15. The van der Waals surface area contributed by atoms with Crippen molar-refractivity contribution < 1.29 is 17.6 Å². The van der Waals surface area contributed by atoms with E-state index in [0.717, 1.165) is 25.0 Å². The smallest absolute Gasteiger partial charge is 0.241 e. The lowest BCUT2D eigenvalue weighted by atomic mass is 10.1. The first-order valence-corrected chi connectivity index (χ1v) is 7.53. The van der Waals surface area contributed by atoms with Gasteiger partial charge in [-0.25, -0.2) is 12.8 Å². The van der Waals surface area contributed by atoms with Crippen molar-refractivity contribution >= 4 is 15.9 Å². The molecule has 0 aliphatic carbocycles. The summed E-state index contributed by atoms with van der Waals surface area (Å²) >= 11 is 0. The van der Waals surface area contributed by atoms with E-state index in [4.69, 9.17) is 0 Å². The molecule has 0 aromatic heterocycles. The highest BCUT2D eigenvalue weighted by Crippen LogP contribution is 2.13. The van der Waals surface area contributed by atoms with Crippen LogP contribution in [0.15, 0.2) is 29.2 Å². The molecule has 0 bridgehead atoms. The summed E-state index contributed by atoms with van der Waals surface area (Å²) in [4.78, 5) is 11.6. The van der Waals surface area contributed by atoms with E-state index in [9.17, 15) is 17.6 Å². The third-order valence-corrected chi connectivity index (χ3v) is 4.44. The molecular weight excluding hydrogens is 271 g/mol. The van der Waals surface area contributed by atoms with Crippen LogP contribution in [0, 0.1) is 5.82 Å². The summed E-state index contributed by atoms with van der Waals surface area (Å²) in [5, 5.41) is 2.65. The second-order valence-electron chi connectivity index (χ2n) is 4.41. The van der Waals surface area contributed by atoms with Crippen LogP contribution in [0.3, 0.4) is 0 Å². The summed E-state index contributed by atoms with van der Waals surface area (Å²) in [6.07, 6.45) is 2.07. The summed E-state index contributed by atoms with van der Waals surface area (Å²) < 4.78 is 39.2. The molecule has 1 aromatic rings. The van der Waals surface area contributed by atoms with E-state index in [1.165, 1.54) is 12.1 Å². The fourth-order valence-corrected chi connectivity index (χ4v) is 3.15. The first-order chi connectivity index (χ1) is 8.99. The Bertz CT molecular complexity index is 557. The van der Waals surface area contributed by atoms with Gasteiger partial charge in [0.05, 0.1) is 4.90 Å². The topological polar surface area (TPSA) is 75.3 Å².